The van der Waals surface area contributed by atoms with Crippen LogP contribution in [-0.4, -0.2) is 28.9 Å². The van der Waals surface area contributed by atoms with Crippen LogP contribution in [0.4, 0.5) is 10.5 Å². The summed E-state index contributed by atoms with van der Waals surface area (Å²) in [5.41, 5.74) is 1.64. The molecule has 1 saturated carbocycles. The van der Waals surface area contributed by atoms with Crippen LogP contribution in [0.15, 0.2) is 36.4 Å². The largest absolute Gasteiger partial charge is 0.320 e. The van der Waals surface area contributed by atoms with E-state index in [1.165, 1.54) is 4.90 Å². The molecule has 4 aliphatic rings. The molecule has 1 aliphatic heterocycles. The molecule has 2 bridgehead atoms. The van der Waals surface area contributed by atoms with Crippen molar-refractivity contribution in [2.45, 2.75) is 32.9 Å². The number of nitrogens with zero attached hydrogens (tertiary/aromatic N) is 1. The van der Waals surface area contributed by atoms with Crippen molar-refractivity contribution < 1.29 is 14.4 Å². The van der Waals surface area contributed by atoms with Crippen LogP contribution in [0.5, 0.6) is 0 Å². The van der Waals surface area contributed by atoms with Crippen LogP contribution in [0.3, 0.4) is 0 Å². The Morgan fingerprint density at radius 1 is 1.08 bits per heavy atom. The van der Waals surface area contributed by atoms with E-state index >= 15 is 0 Å². The van der Waals surface area contributed by atoms with E-state index in [4.69, 9.17) is 0 Å². The number of aryl methyl sites for hydroxylation is 1. The highest BCUT2D eigenvalue weighted by atomic mass is 16.2. The Bertz CT molecular complexity index is 771. The van der Waals surface area contributed by atoms with Crippen LogP contribution in [0, 0.1) is 30.6 Å². The Kier molecular flexibility index (Phi) is 4.05. The van der Waals surface area contributed by atoms with Crippen molar-refractivity contribution >= 4 is 23.5 Å². The lowest BCUT2D eigenvalue weighted by Gasteiger charge is -2.38. The van der Waals surface area contributed by atoms with E-state index in [0.29, 0.717) is 5.69 Å². The number of allylic oxidation sites excluding steroid dienone is 2. The van der Waals surface area contributed by atoms with Crippen LogP contribution >= 0.6 is 0 Å². The van der Waals surface area contributed by atoms with Crippen LogP contribution in [0.2, 0.25) is 0 Å². The first-order valence-corrected chi connectivity index (χ1v) is 9.16. The molecule has 6 nitrogen and oxygen atoms in total. The highest BCUT2D eigenvalue weighted by molar-refractivity contribution is 6.06. The maximum absolute atomic E-state index is 12.9. The Labute approximate surface area is 152 Å². The van der Waals surface area contributed by atoms with Crippen molar-refractivity contribution in [2.75, 3.05) is 5.32 Å². The summed E-state index contributed by atoms with van der Waals surface area (Å²) in [4.78, 5) is 39.3. The van der Waals surface area contributed by atoms with Crippen molar-refractivity contribution in [3.63, 3.8) is 0 Å². The standard InChI is InChI=1S/C20H23N3O3/c1-11-5-3-4-6-15(11)22-20(26)21-12(2)23-18(24)16-13-7-8-14(10-9-13)17(16)19(23)25/h3-8,12-14,16-17H,9-10H2,1-2H3,(H2,21,22,26)/t12-,13-,14-,16-,17-/m0/s1. The van der Waals surface area contributed by atoms with Gasteiger partial charge in [-0.15, -0.1) is 0 Å². The van der Waals surface area contributed by atoms with Crippen molar-refractivity contribution in [2.24, 2.45) is 23.7 Å². The quantitative estimate of drug-likeness (QED) is 0.648. The molecule has 4 amide bonds. The minimum atomic E-state index is -0.677. The van der Waals surface area contributed by atoms with Gasteiger partial charge in [-0.1, -0.05) is 30.4 Å². The maximum atomic E-state index is 12.9. The van der Waals surface area contributed by atoms with Gasteiger partial charge < -0.3 is 10.6 Å². The van der Waals surface area contributed by atoms with E-state index in [1.807, 2.05) is 31.2 Å². The predicted octanol–water partition coefficient (Wildman–Crippen LogP) is 2.66. The molecule has 0 unspecified atom stereocenters. The summed E-state index contributed by atoms with van der Waals surface area (Å²) in [6, 6.07) is 7.02. The molecule has 3 aliphatic carbocycles. The Morgan fingerprint density at radius 2 is 1.65 bits per heavy atom. The second kappa shape index (κ2) is 6.27. The first-order valence-electron chi connectivity index (χ1n) is 9.16. The normalized spacial score (nSPS) is 30.3. The fraction of sp³-hybridized carbons (Fsp3) is 0.450. The van der Waals surface area contributed by atoms with Gasteiger partial charge in [-0.2, -0.15) is 0 Å². The van der Waals surface area contributed by atoms with E-state index < -0.39 is 12.2 Å². The monoisotopic (exact) mass is 353 g/mol. The topological polar surface area (TPSA) is 78.5 Å². The van der Waals surface area contributed by atoms with Gasteiger partial charge in [0.2, 0.25) is 11.8 Å². The van der Waals surface area contributed by atoms with Gasteiger partial charge in [-0.3, -0.25) is 14.5 Å². The van der Waals surface area contributed by atoms with Gasteiger partial charge in [0.25, 0.3) is 0 Å². The number of rotatable bonds is 3. The van der Waals surface area contributed by atoms with Gasteiger partial charge in [0.15, 0.2) is 0 Å². The number of hydrogen-bond donors (Lipinski definition) is 2. The Morgan fingerprint density at radius 3 is 2.19 bits per heavy atom. The number of hydrogen-bond acceptors (Lipinski definition) is 3. The van der Waals surface area contributed by atoms with Gasteiger partial charge in [0.1, 0.15) is 6.17 Å². The Balaban J connectivity index is 1.46. The molecule has 1 heterocycles. The number of likely N-dealkylation sites (tertiary alicyclic amines) is 1. The summed E-state index contributed by atoms with van der Waals surface area (Å²) in [5.74, 6) is -0.505. The number of urea groups is 1. The third-order valence-electron chi connectivity index (χ3n) is 5.91. The first kappa shape index (κ1) is 16.8. The van der Waals surface area contributed by atoms with Crippen LogP contribution in [0.25, 0.3) is 0 Å². The van der Waals surface area contributed by atoms with Crippen LogP contribution in [-0.2, 0) is 9.59 Å². The number of nitrogens with one attached hydrogen (secondary N) is 2. The average molecular weight is 353 g/mol. The second-order valence-electron chi connectivity index (χ2n) is 7.48. The number of imide groups is 1. The van der Waals surface area contributed by atoms with Gasteiger partial charge in [-0.25, -0.2) is 4.79 Å². The maximum Gasteiger partial charge on any atom is 0.320 e. The summed E-state index contributed by atoms with van der Waals surface area (Å²) in [5, 5.41) is 5.51. The van der Waals surface area contributed by atoms with E-state index in [-0.39, 0.29) is 35.5 Å². The number of fused-ring (bicyclic) bond motifs is 1. The molecule has 1 aromatic rings. The fourth-order valence-electron chi connectivity index (χ4n) is 4.60. The number of carbonyl (C=O) groups is 3. The lowest BCUT2D eigenvalue weighted by Crippen LogP contribution is -2.50. The lowest BCUT2D eigenvalue weighted by molar-refractivity contribution is -0.142. The molecule has 6 heteroatoms. The smallest absolute Gasteiger partial charge is 0.317 e. The van der Waals surface area contributed by atoms with Gasteiger partial charge in [0, 0.05) is 5.69 Å². The molecule has 5 rings (SSSR count). The van der Waals surface area contributed by atoms with Crippen molar-refractivity contribution in [3.05, 3.63) is 42.0 Å². The molecule has 1 saturated heterocycles. The minimum Gasteiger partial charge on any atom is -0.317 e. The first-order chi connectivity index (χ1) is 12.5. The number of benzene rings is 1. The molecule has 5 atom stereocenters. The average Bonchev–Trinajstić information content (AvgIpc) is 2.91. The van der Waals surface area contributed by atoms with E-state index in [1.54, 1.807) is 6.92 Å². The summed E-state index contributed by atoms with van der Waals surface area (Å²) in [7, 11) is 0. The van der Waals surface area contributed by atoms with Crippen LogP contribution in [0.1, 0.15) is 25.3 Å². The van der Waals surface area contributed by atoms with Gasteiger partial charge in [-0.05, 0) is 50.2 Å². The van der Waals surface area contributed by atoms with E-state index in [2.05, 4.69) is 22.8 Å². The predicted molar refractivity (Wildman–Crippen MR) is 97.0 cm³/mol. The summed E-state index contributed by atoms with van der Waals surface area (Å²) < 4.78 is 0. The summed E-state index contributed by atoms with van der Waals surface area (Å²) >= 11 is 0. The second-order valence-corrected chi connectivity index (χ2v) is 7.48. The molecular formula is C20H23N3O3. The molecule has 1 aromatic carbocycles. The lowest BCUT2D eigenvalue weighted by atomic mass is 9.63. The van der Waals surface area contributed by atoms with E-state index in [0.717, 1.165) is 18.4 Å². The zero-order chi connectivity index (χ0) is 18.4. The molecular weight excluding hydrogens is 330 g/mol. The van der Waals surface area contributed by atoms with Crippen molar-refractivity contribution in [1.29, 1.82) is 0 Å². The molecule has 2 N–H and O–H groups in total. The van der Waals surface area contributed by atoms with Crippen LogP contribution < -0.4 is 10.6 Å². The number of anilines is 1. The molecule has 136 valence electrons. The molecule has 0 spiro atoms. The van der Waals surface area contributed by atoms with Crippen molar-refractivity contribution in [1.82, 2.24) is 10.2 Å². The molecule has 0 radical (unpaired) electrons. The number of para-hydroxylation sites is 1. The third-order valence-corrected chi connectivity index (χ3v) is 5.91. The number of amides is 4. The Hall–Kier alpha value is -2.63. The summed E-state index contributed by atoms with van der Waals surface area (Å²) in [6.07, 6.45) is 5.43. The zero-order valence-corrected chi connectivity index (χ0v) is 14.9. The zero-order valence-electron chi connectivity index (χ0n) is 14.9. The van der Waals surface area contributed by atoms with Gasteiger partial charge >= 0.3 is 6.03 Å². The minimum absolute atomic E-state index is 0.150. The summed E-state index contributed by atoms with van der Waals surface area (Å²) in [6.45, 7) is 3.58. The molecule has 0 aromatic heterocycles. The number of carbonyl (C=O) groups excluding carboxylic acids is 3. The molecule has 2 fully saturated rings. The van der Waals surface area contributed by atoms with Crippen molar-refractivity contribution in [3.8, 4) is 0 Å². The van der Waals surface area contributed by atoms with E-state index in [9.17, 15) is 14.4 Å². The fourth-order valence-corrected chi connectivity index (χ4v) is 4.60. The third kappa shape index (κ3) is 2.60. The molecule has 26 heavy (non-hydrogen) atoms. The van der Waals surface area contributed by atoms with Gasteiger partial charge in [0.05, 0.1) is 11.8 Å². The highest BCUT2D eigenvalue weighted by Gasteiger charge is 2.57. The highest BCUT2D eigenvalue weighted by Crippen LogP contribution is 2.49. The SMILES string of the molecule is Cc1ccccc1NC(=O)N[C@H](C)N1C(=O)[C@@H]2[C@@H](C1=O)[C@H]1C=C[C@H]2CC1.